The van der Waals surface area contributed by atoms with E-state index in [1.54, 1.807) is 23.6 Å². The molecule has 3 rings (SSSR count). The molecule has 0 radical (unpaired) electrons. The van der Waals surface area contributed by atoms with Crippen molar-refractivity contribution in [3.05, 3.63) is 74.6 Å². The number of aryl methyl sites for hydroxylation is 1. The smallest absolute Gasteiger partial charge is 0.274 e. The summed E-state index contributed by atoms with van der Waals surface area (Å²) in [7, 11) is 0. The van der Waals surface area contributed by atoms with E-state index in [2.05, 4.69) is 5.32 Å². The number of aromatic nitrogens is 1. The van der Waals surface area contributed by atoms with Crippen LogP contribution >= 0.6 is 11.8 Å². The lowest BCUT2D eigenvalue weighted by Gasteiger charge is -2.12. The summed E-state index contributed by atoms with van der Waals surface area (Å²) in [6, 6.07) is 13.7. The Hall–Kier alpha value is -3.13. The standard InChI is InChI=1S/C20H19N3O4S/c1-3-22-17-9-5-4-7-14(17)18(11-20(22)25)28-12-19(24)21-15-8-6-10-16(13(15)2)23(26)27/h4-11H,3,12H2,1-2H3,(H,21,24). The number of carbonyl (C=O) groups excluding carboxylic acids is 1. The fourth-order valence-corrected chi connectivity index (χ4v) is 3.91. The molecule has 7 nitrogen and oxygen atoms in total. The summed E-state index contributed by atoms with van der Waals surface area (Å²) in [5.41, 5.74) is 1.49. The molecule has 0 unspecified atom stereocenters. The summed E-state index contributed by atoms with van der Waals surface area (Å²) < 4.78 is 1.69. The Morgan fingerprint density at radius 2 is 1.96 bits per heavy atom. The summed E-state index contributed by atoms with van der Waals surface area (Å²) in [5.74, 6) is -0.209. The summed E-state index contributed by atoms with van der Waals surface area (Å²) in [5, 5.41) is 14.7. The fourth-order valence-electron chi connectivity index (χ4n) is 3.04. The highest BCUT2D eigenvalue weighted by Crippen LogP contribution is 2.28. The number of anilines is 1. The number of amides is 1. The predicted molar refractivity (Wildman–Crippen MR) is 111 cm³/mol. The molecule has 28 heavy (non-hydrogen) atoms. The van der Waals surface area contributed by atoms with E-state index in [4.69, 9.17) is 0 Å². The first kappa shape index (κ1) is 19.6. The van der Waals surface area contributed by atoms with Crippen LogP contribution in [0.1, 0.15) is 12.5 Å². The summed E-state index contributed by atoms with van der Waals surface area (Å²) in [6.07, 6.45) is 0. The lowest BCUT2D eigenvalue weighted by molar-refractivity contribution is -0.385. The van der Waals surface area contributed by atoms with Crippen molar-refractivity contribution in [2.24, 2.45) is 0 Å². The van der Waals surface area contributed by atoms with Crippen LogP contribution in [0.2, 0.25) is 0 Å². The van der Waals surface area contributed by atoms with Crippen molar-refractivity contribution in [1.29, 1.82) is 0 Å². The number of nitro benzene ring substituents is 1. The first-order valence-corrected chi connectivity index (χ1v) is 9.70. The molecule has 0 aliphatic heterocycles. The molecule has 0 saturated heterocycles. The first-order chi connectivity index (χ1) is 13.4. The molecule has 2 aromatic carbocycles. The number of rotatable bonds is 6. The number of nitrogens with zero attached hydrogens (tertiary/aromatic N) is 2. The number of hydrogen-bond acceptors (Lipinski definition) is 5. The average Bonchev–Trinajstić information content (AvgIpc) is 2.67. The molecule has 0 aliphatic rings. The van der Waals surface area contributed by atoms with Gasteiger partial charge in [0, 0.05) is 29.0 Å². The predicted octanol–water partition coefficient (Wildman–Crippen LogP) is 3.97. The van der Waals surface area contributed by atoms with Crippen LogP contribution in [-0.4, -0.2) is 21.2 Å². The molecule has 1 aromatic heterocycles. The number of nitrogens with one attached hydrogen (secondary N) is 1. The van der Waals surface area contributed by atoms with Crippen LogP contribution in [0.5, 0.6) is 0 Å². The van der Waals surface area contributed by atoms with Gasteiger partial charge in [-0.25, -0.2) is 0 Å². The zero-order valence-corrected chi connectivity index (χ0v) is 16.3. The van der Waals surface area contributed by atoms with Crippen molar-refractivity contribution in [2.45, 2.75) is 25.3 Å². The Morgan fingerprint density at radius 3 is 2.68 bits per heavy atom. The van der Waals surface area contributed by atoms with Gasteiger partial charge in [-0.15, -0.1) is 11.8 Å². The molecule has 1 N–H and O–H groups in total. The Balaban J connectivity index is 1.80. The van der Waals surface area contributed by atoms with Crippen molar-refractivity contribution in [2.75, 3.05) is 11.1 Å². The molecule has 0 spiro atoms. The van der Waals surface area contributed by atoms with Crippen molar-refractivity contribution in [1.82, 2.24) is 4.57 Å². The van der Waals surface area contributed by atoms with Gasteiger partial charge >= 0.3 is 0 Å². The number of fused-ring (bicyclic) bond motifs is 1. The van der Waals surface area contributed by atoms with Crippen LogP contribution < -0.4 is 10.9 Å². The lowest BCUT2D eigenvalue weighted by atomic mass is 10.1. The van der Waals surface area contributed by atoms with E-state index < -0.39 is 4.92 Å². The molecule has 3 aromatic rings. The van der Waals surface area contributed by atoms with E-state index in [-0.39, 0.29) is 22.9 Å². The van der Waals surface area contributed by atoms with E-state index in [1.807, 2.05) is 31.2 Å². The van der Waals surface area contributed by atoms with Crippen LogP contribution in [0.15, 0.2) is 58.2 Å². The monoisotopic (exact) mass is 397 g/mol. The van der Waals surface area contributed by atoms with Gasteiger partial charge in [-0.05, 0) is 26.0 Å². The van der Waals surface area contributed by atoms with Crippen molar-refractivity contribution in [3.63, 3.8) is 0 Å². The Morgan fingerprint density at radius 1 is 1.21 bits per heavy atom. The average molecular weight is 397 g/mol. The van der Waals surface area contributed by atoms with Crippen LogP contribution in [0.3, 0.4) is 0 Å². The van der Waals surface area contributed by atoms with Crippen LogP contribution in [0, 0.1) is 17.0 Å². The third-order valence-electron chi connectivity index (χ3n) is 4.43. The maximum absolute atomic E-state index is 12.4. The van der Waals surface area contributed by atoms with E-state index in [9.17, 15) is 19.7 Å². The third-order valence-corrected chi connectivity index (χ3v) is 5.49. The molecular formula is C20H19N3O4S. The van der Waals surface area contributed by atoms with Gasteiger partial charge in [0.2, 0.25) is 5.91 Å². The Labute approximate surface area is 165 Å². The number of para-hydroxylation sites is 1. The number of thioether (sulfide) groups is 1. The maximum atomic E-state index is 12.4. The van der Waals surface area contributed by atoms with Crippen LogP contribution in [0.25, 0.3) is 10.9 Å². The minimum absolute atomic E-state index is 0.0420. The van der Waals surface area contributed by atoms with Gasteiger partial charge in [0.05, 0.1) is 27.4 Å². The van der Waals surface area contributed by atoms with E-state index in [0.717, 1.165) is 15.8 Å². The highest BCUT2D eigenvalue weighted by Gasteiger charge is 2.15. The topological polar surface area (TPSA) is 94.2 Å². The fraction of sp³-hybridized carbons (Fsp3) is 0.200. The van der Waals surface area contributed by atoms with Gasteiger partial charge in [0.25, 0.3) is 11.2 Å². The molecule has 0 aliphatic carbocycles. The van der Waals surface area contributed by atoms with E-state index in [1.165, 1.54) is 23.9 Å². The molecule has 0 atom stereocenters. The number of carbonyl (C=O) groups is 1. The third kappa shape index (κ3) is 3.91. The minimum Gasteiger partial charge on any atom is -0.325 e. The molecule has 144 valence electrons. The number of nitro groups is 1. The SMILES string of the molecule is CCn1c(=O)cc(SCC(=O)Nc2cccc([N+](=O)[O-])c2C)c2ccccc21. The van der Waals surface area contributed by atoms with Crippen molar-refractivity contribution < 1.29 is 9.72 Å². The lowest BCUT2D eigenvalue weighted by Crippen LogP contribution is -2.19. The highest BCUT2D eigenvalue weighted by atomic mass is 32.2. The quantitative estimate of drug-likeness (QED) is 0.386. The second-order valence-electron chi connectivity index (χ2n) is 6.15. The van der Waals surface area contributed by atoms with Gasteiger partial charge in [-0.3, -0.25) is 19.7 Å². The van der Waals surface area contributed by atoms with E-state index in [0.29, 0.717) is 17.8 Å². The summed E-state index contributed by atoms with van der Waals surface area (Å²) in [6.45, 7) is 4.07. The van der Waals surface area contributed by atoms with E-state index >= 15 is 0 Å². The number of hydrogen-bond donors (Lipinski definition) is 1. The van der Waals surface area contributed by atoms with Gasteiger partial charge in [-0.2, -0.15) is 0 Å². The molecule has 8 heteroatoms. The molecule has 1 heterocycles. The van der Waals surface area contributed by atoms with Crippen molar-refractivity contribution >= 4 is 39.9 Å². The van der Waals surface area contributed by atoms with Gasteiger partial charge in [-0.1, -0.05) is 24.3 Å². The normalized spacial score (nSPS) is 10.8. The zero-order chi connectivity index (χ0) is 20.3. The van der Waals surface area contributed by atoms with Gasteiger partial charge in [0.15, 0.2) is 0 Å². The van der Waals surface area contributed by atoms with Gasteiger partial charge in [0.1, 0.15) is 0 Å². The largest absolute Gasteiger partial charge is 0.325 e. The molecule has 0 saturated carbocycles. The summed E-state index contributed by atoms with van der Waals surface area (Å²) >= 11 is 1.27. The molecular weight excluding hydrogens is 378 g/mol. The highest BCUT2D eigenvalue weighted by molar-refractivity contribution is 8.00. The molecule has 0 bridgehead atoms. The first-order valence-electron chi connectivity index (χ1n) is 8.71. The minimum atomic E-state index is -0.478. The van der Waals surface area contributed by atoms with Crippen LogP contribution in [0.4, 0.5) is 11.4 Å². The Kier molecular flexibility index (Phi) is 5.79. The molecule has 1 amide bonds. The van der Waals surface area contributed by atoms with Crippen molar-refractivity contribution in [3.8, 4) is 0 Å². The number of benzene rings is 2. The van der Waals surface area contributed by atoms with Crippen LogP contribution in [-0.2, 0) is 11.3 Å². The molecule has 0 fully saturated rings. The Bertz CT molecular complexity index is 1120. The second kappa shape index (κ2) is 8.26. The second-order valence-corrected chi connectivity index (χ2v) is 7.17. The summed E-state index contributed by atoms with van der Waals surface area (Å²) in [4.78, 5) is 36.0. The number of pyridine rings is 1. The maximum Gasteiger partial charge on any atom is 0.274 e. The zero-order valence-electron chi connectivity index (χ0n) is 15.5. The van der Waals surface area contributed by atoms with Gasteiger partial charge < -0.3 is 9.88 Å².